The molecule has 30 heavy (non-hydrogen) atoms. The molecule has 3 heterocycles. The Kier molecular flexibility index (Phi) is 5.39. The molecule has 1 aliphatic rings. The first-order chi connectivity index (χ1) is 14.3. The van der Waals surface area contributed by atoms with Crippen molar-refractivity contribution in [3.63, 3.8) is 0 Å². The van der Waals surface area contributed by atoms with Gasteiger partial charge in [0.25, 0.3) is 11.8 Å². The number of carbonyl (C=O) groups excluding carboxylic acids is 2. The molecule has 3 aromatic rings. The lowest BCUT2D eigenvalue weighted by molar-refractivity contribution is 0.0736. The molecular weight excluding hydrogens is 396 g/mol. The number of hydrogen-bond acceptors (Lipinski definition) is 5. The van der Waals surface area contributed by atoms with Crippen LogP contribution < -0.4 is 5.32 Å². The summed E-state index contributed by atoms with van der Waals surface area (Å²) < 4.78 is 0. The minimum absolute atomic E-state index is 0.0218. The fourth-order valence-corrected chi connectivity index (χ4v) is 4.39. The second-order valence-corrected chi connectivity index (χ2v) is 9.45. The Morgan fingerprint density at radius 3 is 2.53 bits per heavy atom. The first kappa shape index (κ1) is 20.2. The first-order valence-corrected chi connectivity index (χ1v) is 10.7. The summed E-state index contributed by atoms with van der Waals surface area (Å²) in [5.74, 6) is -0.262. The fraction of sp³-hybridized carbons (Fsp3) is 0.304. The maximum absolute atomic E-state index is 13.0. The molecule has 1 aliphatic heterocycles. The molecule has 0 saturated heterocycles. The minimum Gasteiger partial charge on any atom is -0.333 e. The van der Waals surface area contributed by atoms with Gasteiger partial charge in [-0.05, 0) is 35.2 Å². The number of thiazole rings is 1. The number of aromatic nitrogens is 2. The molecule has 4 rings (SSSR count). The van der Waals surface area contributed by atoms with Crippen molar-refractivity contribution < 1.29 is 9.59 Å². The summed E-state index contributed by atoms with van der Waals surface area (Å²) in [7, 11) is 0. The normalized spacial score (nSPS) is 13.6. The molecule has 0 aliphatic carbocycles. The summed E-state index contributed by atoms with van der Waals surface area (Å²) in [5.41, 5.74) is 3.25. The van der Waals surface area contributed by atoms with Crippen LogP contribution in [-0.2, 0) is 18.4 Å². The Balaban J connectivity index is 1.45. The second-order valence-electron chi connectivity index (χ2n) is 8.36. The number of amides is 2. The summed E-state index contributed by atoms with van der Waals surface area (Å²) in [6, 6.07) is 13.1. The third-order valence-electron chi connectivity index (χ3n) is 5.13. The van der Waals surface area contributed by atoms with E-state index in [0.29, 0.717) is 35.9 Å². The van der Waals surface area contributed by atoms with Crippen molar-refractivity contribution >= 4 is 28.3 Å². The maximum Gasteiger partial charge on any atom is 0.276 e. The smallest absolute Gasteiger partial charge is 0.276 e. The highest BCUT2D eigenvalue weighted by Crippen LogP contribution is 2.29. The van der Waals surface area contributed by atoms with E-state index in [0.717, 1.165) is 10.6 Å². The van der Waals surface area contributed by atoms with E-state index in [4.69, 9.17) is 0 Å². The number of anilines is 1. The number of nitrogens with one attached hydrogen (secondary N) is 1. The van der Waals surface area contributed by atoms with Gasteiger partial charge in [0.15, 0.2) is 5.13 Å². The van der Waals surface area contributed by atoms with Crippen LogP contribution in [-0.4, -0.2) is 33.2 Å². The predicted molar refractivity (Wildman–Crippen MR) is 118 cm³/mol. The Morgan fingerprint density at radius 1 is 1.10 bits per heavy atom. The molecule has 0 bridgehead atoms. The van der Waals surface area contributed by atoms with Crippen LogP contribution in [0.4, 0.5) is 5.13 Å². The maximum atomic E-state index is 13.0. The van der Waals surface area contributed by atoms with E-state index in [1.54, 1.807) is 24.4 Å². The first-order valence-electron chi connectivity index (χ1n) is 9.92. The number of nitrogens with zero attached hydrogens (tertiary/aromatic N) is 3. The molecule has 0 saturated carbocycles. The molecule has 2 amide bonds. The van der Waals surface area contributed by atoms with Gasteiger partial charge in [-0.3, -0.25) is 19.9 Å². The zero-order valence-corrected chi connectivity index (χ0v) is 18.1. The second kappa shape index (κ2) is 7.99. The molecule has 1 aromatic carbocycles. The lowest BCUT2D eigenvalue weighted by atomic mass is 9.86. The van der Waals surface area contributed by atoms with Gasteiger partial charge in [0.2, 0.25) is 0 Å². The Labute approximate surface area is 180 Å². The average Bonchev–Trinajstić information content (AvgIpc) is 3.14. The quantitative estimate of drug-likeness (QED) is 0.686. The van der Waals surface area contributed by atoms with Gasteiger partial charge in [0.05, 0.1) is 12.2 Å². The van der Waals surface area contributed by atoms with Crippen LogP contribution in [0.15, 0.2) is 48.7 Å². The van der Waals surface area contributed by atoms with Gasteiger partial charge in [-0.15, -0.1) is 0 Å². The summed E-state index contributed by atoms with van der Waals surface area (Å²) >= 11 is 1.42. The van der Waals surface area contributed by atoms with Crippen molar-refractivity contribution in [2.75, 3.05) is 11.9 Å². The fourth-order valence-electron chi connectivity index (χ4n) is 3.38. The standard InChI is InChI=1S/C23H24N4O2S/c1-23(2,3)16-9-7-15(8-10-16)21(29)27-13-11-17-19(14-27)30-22(25-17)26-20(28)18-6-4-5-12-24-18/h4-10,12H,11,13-14H2,1-3H3,(H,25,26,28). The highest BCUT2D eigenvalue weighted by molar-refractivity contribution is 7.15. The van der Waals surface area contributed by atoms with E-state index >= 15 is 0 Å². The largest absolute Gasteiger partial charge is 0.333 e. The average molecular weight is 421 g/mol. The van der Waals surface area contributed by atoms with Gasteiger partial charge in [-0.2, -0.15) is 0 Å². The molecule has 0 unspecified atom stereocenters. The number of carbonyl (C=O) groups is 2. The van der Waals surface area contributed by atoms with Crippen LogP contribution in [0.1, 0.15) is 57.8 Å². The molecule has 154 valence electrons. The SMILES string of the molecule is CC(C)(C)c1ccc(C(=O)N2CCc3nc(NC(=O)c4ccccn4)sc3C2)cc1. The van der Waals surface area contributed by atoms with Crippen LogP contribution in [0.5, 0.6) is 0 Å². The monoisotopic (exact) mass is 420 g/mol. The Hall–Kier alpha value is -3.06. The lowest BCUT2D eigenvalue weighted by Gasteiger charge is -2.26. The van der Waals surface area contributed by atoms with E-state index in [1.165, 1.54) is 16.9 Å². The summed E-state index contributed by atoms with van der Waals surface area (Å²) in [6.45, 7) is 7.59. The lowest BCUT2D eigenvalue weighted by Crippen LogP contribution is -2.35. The summed E-state index contributed by atoms with van der Waals surface area (Å²) in [5, 5.41) is 3.36. The van der Waals surface area contributed by atoms with E-state index in [2.05, 4.69) is 36.1 Å². The molecule has 0 atom stereocenters. The molecule has 0 fully saturated rings. The van der Waals surface area contributed by atoms with E-state index < -0.39 is 0 Å². The third kappa shape index (κ3) is 4.26. The number of fused-ring (bicyclic) bond motifs is 1. The molecular formula is C23H24N4O2S. The van der Waals surface area contributed by atoms with Gasteiger partial charge in [0, 0.05) is 29.6 Å². The van der Waals surface area contributed by atoms with Crippen LogP contribution in [0.2, 0.25) is 0 Å². The predicted octanol–water partition coefficient (Wildman–Crippen LogP) is 4.29. The van der Waals surface area contributed by atoms with Crippen molar-refractivity contribution in [3.05, 3.63) is 76.1 Å². The number of pyridine rings is 1. The summed E-state index contributed by atoms with van der Waals surface area (Å²) in [6.07, 6.45) is 2.26. The van der Waals surface area contributed by atoms with Gasteiger partial charge >= 0.3 is 0 Å². The van der Waals surface area contributed by atoms with Crippen LogP contribution >= 0.6 is 11.3 Å². The van der Waals surface area contributed by atoms with E-state index in [9.17, 15) is 9.59 Å². The van der Waals surface area contributed by atoms with Gasteiger partial charge in [-0.25, -0.2) is 4.98 Å². The van der Waals surface area contributed by atoms with Crippen LogP contribution in [0, 0.1) is 0 Å². The van der Waals surface area contributed by atoms with E-state index in [-0.39, 0.29) is 17.2 Å². The van der Waals surface area contributed by atoms with Gasteiger partial charge in [-0.1, -0.05) is 50.3 Å². The van der Waals surface area contributed by atoms with Crippen LogP contribution in [0.25, 0.3) is 0 Å². The van der Waals surface area contributed by atoms with Gasteiger partial charge < -0.3 is 4.90 Å². The molecule has 0 spiro atoms. The zero-order chi connectivity index (χ0) is 21.3. The van der Waals surface area contributed by atoms with Crippen LogP contribution in [0.3, 0.4) is 0 Å². The third-order valence-corrected chi connectivity index (χ3v) is 6.13. The molecule has 1 N–H and O–H groups in total. The van der Waals surface area contributed by atoms with E-state index in [1.807, 2.05) is 29.2 Å². The van der Waals surface area contributed by atoms with Gasteiger partial charge in [0.1, 0.15) is 5.69 Å². The topological polar surface area (TPSA) is 75.2 Å². The van der Waals surface area contributed by atoms with Crippen molar-refractivity contribution in [1.29, 1.82) is 0 Å². The molecule has 0 radical (unpaired) electrons. The Morgan fingerprint density at radius 2 is 1.87 bits per heavy atom. The number of hydrogen-bond donors (Lipinski definition) is 1. The number of rotatable bonds is 3. The molecule has 2 aromatic heterocycles. The zero-order valence-electron chi connectivity index (χ0n) is 17.3. The molecule has 6 nitrogen and oxygen atoms in total. The van der Waals surface area contributed by atoms with Crippen molar-refractivity contribution in [2.24, 2.45) is 0 Å². The van der Waals surface area contributed by atoms with Crippen molar-refractivity contribution in [2.45, 2.75) is 39.2 Å². The van der Waals surface area contributed by atoms with Crippen molar-refractivity contribution in [3.8, 4) is 0 Å². The highest BCUT2D eigenvalue weighted by atomic mass is 32.1. The van der Waals surface area contributed by atoms with Crippen molar-refractivity contribution in [1.82, 2.24) is 14.9 Å². The number of benzene rings is 1. The Bertz CT molecular complexity index is 1070. The summed E-state index contributed by atoms with van der Waals surface area (Å²) in [4.78, 5) is 36.7. The molecule has 7 heteroatoms. The minimum atomic E-state index is -0.284. The highest BCUT2D eigenvalue weighted by Gasteiger charge is 2.26.